The lowest BCUT2D eigenvalue weighted by atomic mass is 10.0. The van der Waals surface area contributed by atoms with E-state index in [-0.39, 0.29) is 5.82 Å². The van der Waals surface area contributed by atoms with Gasteiger partial charge in [-0.3, -0.25) is 0 Å². The number of nitrogen functional groups attached to an aromatic ring is 1. The first-order valence-corrected chi connectivity index (χ1v) is 6.40. The molecule has 1 heterocycles. The summed E-state index contributed by atoms with van der Waals surface area (Å²) in [4.78, 5) is 0. The van der Waals surface area contributed by atoms with Crippen LogP contribution in [0.25, 0.3) is 10.1 Å². The Balaban J connectivity index is 0.000000686. The normalized spacial score (nSPS) is 9.59. The number of benzene rings is 1. The van der Waals surface area contributed by atoms with Gasteiger partial charge in [0, 0.05) is 10.1 Å². The fourth-order valence-corrected chi connectivity index (χ4v) is 2.66. The average Bonchev–Trinajstić information content (AvgIpc) is 2.67. The molecule has 1 aromatic carbocycles. The predicted molar refractivity (Wildman–Crippen MR) is 71.6 cm³/mol. The van der Waals surface area contributed by atoms with Crippen LogP contribution in [0.15, 0.2) is 12.1 Å². The van der Waals surface area contributed by atoms with Crippen LogP contribution in [0.4, 0.5) is 9.39 Å². The van der Waals surface area contributed by atoms with E-state index in [0.29, 0.717) is 27.9 Å². The van der Waals surface area contributed by atoms with Gasteiger partial charge in [-0.1, -0.05) is 20.8 Å². The summed E-state index contributed by atoms with van der Waals surface area (Å²) < 4.78 is 14.4. The topological polar surface area (TPSA) is 49.8 Å². The Morgan fingerprint density at radius 1 is 1.41 bits per heavy atom. The Kier molecular flexibility index (Phi) is 4.47. The fourth-order valence-electron chi connectivity index (χ4n) is 1.71. The molecule has 0 atom stereocenters. The van der Waals surface area contributed by atoms with Gasteiger partial charge >= 0.3 is 0 Å². The highest BCUT2D eigenvalue weighted by Gasteiger charge is 2.15. The largest absolute Gasteiger partial charge is 0.389 e. The molecule has 0 aliphatic heterocycles. The van der Waals surface area contributed by atoms with Gasteiger partial charge in [-0.05, 0) is 24.1 Å². The second-order valence-corrected chi connectivity index (χ2v) is 4.29. The molecule has 0 bridgehead atoms. The lowest BCUT2D eigenvalue weighted by molar-refractivity contribution is 0.615. The number of nitrogens with zero attached hydrogens (tertiary/aromatic N) is 1. The van der Waals surface area contributed by atoms with Crippen molar-refractivity contribution in [2.75, 3.05) is 5.73 Å². The summed E-state index contributed by atoms with van der Waals surface area (Å²) in [6, 6.07) is 5.14. The number of halogens is 1. The monoisotopic (exact) mass is 250 g/mol. The van der Waals surface area contributed by atoms with Gasteiger partial charge in [-0.25, -0.2) is 4.39 Å². The lowest BCUT2D eigenvalue weighted by Crippen LogP contribution is -1.90. The van der Waals surface area contributed by atoms with Crippen molar-refractivity contribution in [3.63, 3.8) is 0 Å². The quantitative estimate of drug-likeness (QED) is 0.829. The summed E-state index contributed by atoms with van der Waals surface area (Å²) in [5, 5.41) is 10.1. The van der Waals surface area contributed by atoms with Crippen LogP contribution in [-0.4, -0.2) is 0 Å². The standard InChI is InChI=1S/C11H9FN2S.C2H6/c1-2-6-8(12)3-4-9-10(6)7(5-13)11(14)15-9;1-2/h3-4H,2,14H2,1H3;1-2H3. The van der Waals surface area contributed by atoms with E-state index in [1.807, 2.05) is 26.8 Å². The first kappa shape index (κ1) is 13.5. The first-order chi connectivity index (χ1) is 8.19. The molecule has 0 saturated carbocycles. The van der Waals surface area contributed by atoms with Crippen molar-refractivity contribution in [1.29, 1.82) is 5.26 Å². The Morgan fingerprint density at radius 2 is 2.06 bits per heavy atom. The summed E-state index contributed by atoms with van der Waals surface area (Å²) in [6.07, 6.45) is 0.564. The number of fused-ring (bicyclic) bond motifs is 1. The van der Waals surface area contributed by atoms with E-state index in [4.69, 9.17) is 11.0 Å². The minimum absolute atomic E-state index is 0.265. The zero-order valence-corrected chi connectivity index (χ0v) is 11.0. The number of hydrogen-bond acceptors (Lipinski definition) is 3. The van der Waals surface area contributed by atoms with Crippen molar-refractivity contribution < 1.29 is 4.39 Å². The molecule has 0 spiro atoms. The zero-order chi connectivity index (χ0) is 13.0. The third-order valence-electron chi connectivity index (χ3n) is 2.40. The van der Waals surface area contributed by atoms with Crippen molar-refractivity contribution in [2.45, 2.75) is 27.2 Å². The van der Waals surface area contributed by atoms with Crippen LogP contribution >= 0.6 is 11.3 Å². The first-order valence-electron chi connectivity index (χ1n) is 5.58. The third-order valence-corrected chi connectivity index (χ3v) is 3.38. The van der Waals surface area contributed by atoms with E-state index in [9.17, 15) is 4.39 Å². The molecule has 0 radical (unpaired) electrons. The number of anilines is 1. The lowest BCUT2D eigenvalue weighted by Gasteiger charge is -2.01. The number of thiophene rings is 1. The Bertz CT molecular complexity index is 567. The van der Waals surface area contributed by atoms with Gasteiger partial charge in [0.25, 0.3) is 0 Å². The minimum atomic E-state index is -0.265. The zero-order valence-electron chi connectivity index (χ0n) is 10.2. The molecule has 2 aromatic rings. The molecule has 0 aliphatic rings. The van der Waals surface area contributed by atoms with Crippen molar-refractivity contribution in [2.24, 2.45) is 0 Å². The molecule has 0 fully saturated rings. The van der Waals surface area contributed by atoms with Crippen molar-refractivity contribution in [3.05, 3.63) is 29.1 Å². The molecule has 0 amide bonds. The highest BCUT2D eigenvalue weighted by Crippen LogP contribution is 2.36. The number of nitrogens with two attached hydrogens (primary N) is 1. The van der Waals surface area contributed by atoms with Crippen molar-refractivity contribution in [3.8, 4) is 6.07 Å². The highest BCUT2D eigenvalue weighted by molar-refractivity contribution is 7.23. The van der Waals surface area contributed by atoms with E-state index in [0.717, 1.165) is 4.70 Å². The Hall–Kier alpha value is -1.60. The third kappa shape index (κ3) is 2.25. The van der Waals surface area contributed by atoms with Gasteiger partial charge in [0.2, 0.25) is 0 Å². The van der Waals surface area contributed by atoms with Gasteiger partial charge in [0.15, 0.2) is 0 Å². The second kappa shape index (κ2) is 5.65. The molecule has 17 heavy (non-hydrogen) atoms. The van der Waals surface area contributed by atoms with Gasteiger partial charge < -0.3 is 5.73 Å². The van der Waals surface area contributed by atoms with Crippen LogP contribution in [0.2, 0.25) is 0 Å². The number of aryl methyl sites for hydroxylation is 1. The molecular weight excluding hydrogens is 235 g/mol. The van der Waals surface area contributed by atoms with Gasteiger partial charge in [-0.2, -0.15) is 5.26 Å². The van der Waals surface area contributed by atoms with Crippen LogP contribution in [-0.2, 0) is 6.42 Å². The van der Waals surface area contributed by atoms with E-state index in [2.05, 4.69) is 0 Å². The average molecular weight is 250 g/mol. The summed E-state index contributed by atoms with van der Waals surface area (Å²) >= 11 is 1.33. The molecular formula is C13H15FN2S. The fraction of sp³-hybridized carbons (Fsp3) is 0.308. The van der Waals surface area contributed by atoms with Crippen LogP contribution in [0.5, 0.6) is 0 Å². The van der Waals surface area contributed by atoms with E-state index in [1.165, 1.54) is 17.4 Å². The number of nitriles is 1. The van der Waals surface area contributed by atoms with E-state index < -0.39 is 0 Å². The smallest absolute Gasteiger partial charge is 0.127 e. The molecule has 2 nitrogen and oxygen atoms in total. The van der Waals surface area contributed by atoms with Crippen LogP contribution in [0, 0.1) is 17.1 Å². The van der Waals surface area contributed by atoms with E-state index >= 15 is 0 Å². The molecule has 90 valence electrons. The van der Waals surface area contributed by atoms with Gasteiger partial charge in [0.1, 0.15) is 16.9 Å². The van der Waals surface area contributed by atoms with Gasteiger partial charge in [-0.15, -0.1) is 11.3 Å². The molecule has 4 heteroatoms. The maximum absolute atomic E-state index is 13.5. The predicted octanol–water partition coefficient (Wildman–Crippen LogP) is 4.08. The molecule has 2 N–H and O–H groups in total. The number of hydrogen-bond donors (Lipinski definition) is 1. The number of rotatable bonds is 1. The van der Waals surface area contributed by atoms with Crippen LogP contribution in [0.1, 0.15) is 31.9 Å². The molecule has 0 aliphatic carbocycles. The van der Waals surface area contributed by atoms with Crippen LogP contribution in [0.3, 0.4) is 0 Å². The summed E-state index contributed by atoms with van der Waals surface area (Å²) in [5.74, 6) is -0.265. The van der Waals surface area contributed by atoms with Gasteiger partial charge in [0.05, 0.1) is 5.56 Å². The van der Waals surface area contributed by atoms with Crippen LogP contribution < -0.4 is 5.73 Å². The molecule has 0 saturated heterocycles. The summed E-state index contributed by atoms with van der Waals surface area (Å²) in [5.41, 5.74) is 6.70. The highest BCUT2D eigenvalue weighted by atomic mass is 32.1. The minimum Gasteiger partial charge on any atom is -0.389 e. The Labute approximate surface area is 104 Å². The maximum Gasteiger partial charge on any atom is 0.127 e. The Morgan fingerprint density at radius 3 is 2.59 bits per heavy atom. The van der Waals surface area contributed by atoms with E-state index in [1.54, 1.807) is 6.07 Å². The van der Waals surface area contributed by atoms with Crippen molar-refractivity contribution in [1.82, 2.24) is 0 Å². The summed E-state index contributed by atoms with van der Waals surface area (Å²) in [7, 11) is 0. The second-order valence-electron chi connectivity index (χ2n) is 3.21. The SMILES string of the molecule is CC.CCc1c(F)ccc2sc(N)c(C#N)c12. The molecule has 1 aromatic heterocycles. The maximum atomic E-state index is 13.5. The summed E-state index contributed by atoms with van der Waals surface area (Å²) in [6.45, 7) is 5.87. The van der Waals surface area contributed by atoms with Crippen molar-refractivity contribution >= 4 is 26.4 Å². The molecule has 2 rings (SSSR count). The molecule has 0 unspecified atom stereocenters.